The Morgan fingerprint density at radius 1 is 1.04 bits per heavy atom. The van der Waals surface area contributed by atoms with E-state index in [0.29, 0.717) is 11.3 Å². The molecule has 2 rings (SSSR count). The van der Waals surface area contributed by atoms with Crippen LogP contribution in [0.5, 0.6) is 0 Å². The largest absolute Gasteiger partial charge is 0.444 e. The Morgan fingerprint density at radius 2 is 1.72 bits per heavy atom. The Kier molecular flexibility index (Phi) is 6.20. The van der Waals surface area contributed by atoms with E-state index in [1.807, 2.05) is 30.3 Å². The maximum Gasteiger partial charge on any atom is 0.408 e. The van der Waals surface area contributed by atoms with Crippen LogP contribution in [-0.4, -0.2) is 17.6 Å². The minimum absolute atomic E-state index is 0.352. The van der Waals surface area contributed by atoms with Crippen LogP contribution in [0, 0.1) is 0 Å². The summed E-state index contributed by atoms with van der Waals surface area (Å²) < 4.78 is 6.12. The van der Waals surface area contributed by atoms with Gasteiger partial charge in [-0.1, -0.05) is 52.3 Å². The van der Waals surface area contributed by atoms with E-state index < -0.39 is 17.7 Å². The van der Waals surface area contributed by atoms with E-state index >= 15 is 0 Å². The zero-order chi connectivity index (χ0) is 18.4. The molecule has 2 aromatic rings. The van der Waals surface area contributed by atoms with Crippen LogP contribution in [0.4, 0.5) is 10.5 Å². The second kappa shape index (κ2) is 8.16. The highest BCUT2D eigenvalue weighted by molar-refractivity contribution is 9.10. The molecule has 0 spiro atoms. The zero-order valence-corrected chi connectivity index (χ0v) is 16.0. The Labute approximate surface area is 155 Å². The van der Waals surface area contributed by atoms with Crippen LogP contribution in [0.15, 0.2) is 59.1 Å². The molecule has 0 radical (unpaired) electrons. The molecule has 0 unspecified atom stereocenters. The van der Waals surface area contributed by atoms with Crippen LogP contribution >= 0.6 is 15.9 Å². The molecule has 0 aliphatic heterocycles. The Bertz CT molecular complexity index is 742. The van der Waals surface area contributed by atoms with E-state index in [4.69, 9.17) is 4.74 Å². The minimum atomic E-state index is -0.866. The first-order valence-electron chi connectivity index (χ1n) is 7.85. The van der Waals surface area contributed by atoms with Crippen molar-refractivity contribution in [3.8, 4) is 0 Å². The van der Waals surface area contributed by atoms with Crippen LogP contribution < -0.4 is 10.6 Å². The van der Waals surface area contributed by atoms with Crippen molar-refractivity contribution in [2.24, 2.45) is 0 Å². The lowest BCUT2D eigenvalue weighted by Crippen LogP contribution is -2.40. The fourth-order valence-electron chi connectivity index (χ4n) is 2.15. The topological polar surface area (TPSA) is 67.4 Å². The van der Waals surface area contributed by atoms with Crippen LogP contribution in [-0.2, 0) is 9.53 Å². The lowest BCUT2D eigenvalue weighted by atomic mass is 10.1. The summed E-state index contributed by atoms with van der Waals surface area (Å²) in [5.41, 5.74) is 0.652. The van der Waals surface area contributed by atoms with Gasteiger partial charge < -0.3 is 15.4 Å². The van der Waals surface area contributed by atoms with Crippen LogP contribution in [0.25, 0.3) is 0 Å². The van der Waals surface area contributed by atoms with Crippen molar-refractivity contribution < 1.29 is 14.3 Å². The van der Waals surface area contributed by atoms with Gasteiger partial charge in [0.15, 0.2) is 0 Å². The number of amides is 2. The highest BCUT2D eigenvalue weighted by atomic mass is 79.9. The first kappa shape index (κ1) is 19.0. The van der Waals surface area contributed by atoms with Gasteiger partial charge in [-0.15, -0.1) is 0 Å². The quantitative estimate of drug-likeness (QED) is 0.778. The standard InChI is InChI=1S/C19H21BrN2O3/c1-19(2,3)25-18(24)22-16(13-8-5-4-6-9-13)17(23)21-15-11-7-10-14(20)12-15/h4-12,16H,1-3H3,(H,21,23)(H,22,24)/t16-/m0/s1. The SMILES string of the molecule is CC(C)(C)OC(=O)N[C@H](C(=O)Nc1cccc(Br)c1)c1ccccc1. The zero-order valence-electron chi connectivity index (χ0n) is 14.4. The predicted octanol–water partition coefficient (Wildman–Crippen LogP) is 4.65. The van der Waals surface area contributed by atoms with Crippen molar-refractivity contribution in [3.05, 3.63) is 64.6 Å². The second-order valence-corrected chi connectivity index (χ2v) is 7.41. The number of hydrogen-bond donors (Lipinski definition) is 2. The maximum atomic E-state index is 12.7. The summed E-state index contributed by atoms with van der Waals surface area (Å²) in [6.45, 7) is 5.31. The number of hydrogen-bond acceptors (Lipinski definition) is 3. The van der Waals surface area contributed by atoms with Gasteiger partial charge in [0.25, 0.3) is 5.91 Å². The fraction of sp³-hybridized carbons (Fsp3) is 0.263. The summed E-state index contributed by atoms with van der Waals surface area (Å²) in [5, 5.41) is 5.45. The molecular weight excluding hydrogens is 384 g/mol. The molecular formula is C19H21BrN2O3. The minimum Gasteiger partial charge on any atom is -0.444 e. The van der Waals surface area contributed by atoms with Crippen LogP contribution in [0.3, 0.4) is 0 Å². The Hall–Kier alpha value is -2.34. The van der Waals surface area contributed by atoms with Crippen molar-refractivity contribution in [3.63, 3.8) is 0 Å². The number of nitrogens with one attached hydrogen (secondary N) is 2. The number of anilines is 1. The Morgan fingerprint density at radius 3 is 2.32 bits per heavy atom. The second-order valence-electron chi connectivity index (χ2n) is 6.49. The maximum absolute atomic E-state index is 12.7. The van der Waals surface area contributed by atoms with Gasteiger partial charge in [-0.3, -0.25) is 4.79 Å². The summed E-state index contributed by atoms with van der Waals surface area (Å²) in [5.74, 6) is -0.352. The monoisotopic (exact) mass is 404 g/mol. The molecule has 0 aliphatic carbocycles. The first-order valence-corrected chi connectivity index (χ1v) is 8.65. The van der Waals surface area contributed by atoms with Gasteiger partial charge in [0.05, 0.1) is 0 Å². The molecule has 132 valence electrons. The molecule has 2 N–H and O–H groups in total. The normalized spacial score (nSPS) is 12.2. The van der Waals surface area contributed by atoms with Crippen molar-refractivity contribution in [1.82, 2.24) is 5.32 Å². The van der Waals surface area contributed by atoms with Gasteiger partial charge in [0.1, 0.15) is 11.6 Å². The van der Waals surface area contributed by atoms with Gasteiger partial charge >= 0.3 is 6.09 Å². The highest BCUT2D eigenvalue weighted by Crippen LogP contribution is 2.20. The van der Waals surface area contributed by atoms with Gasteiger partial charge in [-0.2, -0.15) is 0 Å². The number of carbonyl (C=O) groups is 2. The third-order valence-electron chi connectivity index (χ3n) is 3.15. The van der Waals surface area contributed by atoms with Crippen LogP contribution in [0.2, 0.25) is 0 Å². The summed E-state index contributed by atoms with van der Waals surface area (Å²) >= 11 is 3.37. The fourth-order valence-corrected chi connectivity index (χ4v) is 2.55. The number of ether oxygens (including phenoxy) is 1. The van der Waals surface area contributed by atoms with E-state index in [1.165, 1.54) is 0 Å². The van der Waals surface area contributed by atoms with Crippen molar-refractivity contribution in [1.29, 1.82) is 0 Å². The summed E-state index contributed by atoms with van der Waals surface area (Å²) in [6.07, 6.45) is -0.647. The lowest BCUT2D eigenvalue weighted by molar-refractivity contribution is -0.118. The predicted molar refractivity (Wildman–Crippen MR) is 101 cm³/mol. The van der Waals surface area contributed by atoms with Crippen molar-refractivity contribution in [2.45, 2.75) is 32.4 Å². The number of alkyl carbamates (subject to hydrolysis) is 1. The molecule has 0 aliphatic rings. The molecule has 5 nitrogen and oxygen atoms in total. The molecule has 0 aromatic heterocycles. The Balaban J connectivity index is 2.19. The number of carbonyl (C=O) groups excluding carboxylic acids is 2. The third-order valence-corrected chi connectivity index (χ3v) is 3.64. The van der Waals surface area contributed by atoms with Crippen molar-refractivity contribution in [2.75, 3.05) is 5.32 Å². The lowest BCUT2D eigenvalue weighted by Gasteiger charge is -2.23. The molecule has 6 heteroatoms. The van der Waals surface area contributed by atoms with E-state index in [9.17, 15) is 9.59 Å². The average molecular weight is 405 g/mol. The average Bonchev–Trinajstić information content (AvgIpc) is 2.51. The molecule has 0 fully saturated rings. The number of halogens is 1. The molecule has 25 heavy (non-hydrogen) atoms. The van der Waals surface area contributed by atoms with Gasteiger partial charge in [0, 0.05) is 10.2 Å². The van der Waals surface area contributed by atoms with E-state index in [-0.39, 0.29) is 5.91 Å². The van der Waals surface area contributed by atoms with E-state index in [2.05, 4.69) is 26.6 Å². The smallest absolute Gasteiger partial charge is 0.408 e. The summed E-state index contributed by atoms with van der Waals surface area (Å²) in [4.78, 5) is 24.9. The molecule has 0 saturated carbocycles. The first-order chi connectivity index (χ1) is 11.7. The van der Waals surface area contributed by atoms with Crippen molar-refractivity contribution >= 4 is 33.6 Å². The van der Waals surface area contributed by atoms with Gasteiger partial charge in [-0.05, 0) is 44.5 Å². The highest BCUT2D eigenvalue weighted by Gasteiger charge is 2.25. The molecule has 0 saturated heterocycles. The molecule has 1 atom stereocenters. The molecule has 0 bridgehead atoms. The molecule has 2 aromatic carbocycles. The molecule has 2 amide bonds. The summed E-state index contributed by atoms with van der Waals surface area (Å²) in [7, 11) is 0. The summed E-state index contributed by atoms with van der Waals surface area (Å²) in [6, 6.07) is 15.4. The third kappa shape index (κ3) is 6.23. The van der Waals surface area contributed by atoms with E-state index in [0.717, 1.165) is 4.47 Å². The van der Waals surface area contributed by atoms with Gasteiger partial charge in [0.2, 0.25) is 0 Å². The van der Waals surface area contributed by atoms with E-state index in [1.54, 1.807) is 45.0 Å². The van der Waals surface area contributed by atoms with Crippen LogP contribution in [0.1, 0.15) is 32.4 Å². The molecule has 0 heterocycles. The number of rotatable bonds is 4. The van der Waals surface area contributed by atoms with Gasteiger partial charge in [-0.25, -0.2) is 4.79 Å². The number of benzene rings is 2.